The van der Waals surface area contributed by atoms with Crippen LogP contribution in [0.4, 0.5) is 0 Å². The number of aromatic nitrogens is 1. The molecular formula is C21H24N2O. The molecule has 0 bridgehead atoms. The van der Waals surface area contributed by atoms with Crippen LogP contribution in [-0.4, -0.2) is 17.4 Å². The van der Waals surface area contributed by atoms with Crippen molar-refractivity contribution in [2.24, 2.45) is 0 Å². The maximum atomic E-state index is 12.2. The van der Waals surface area contributed by atoms with Crippen LogP contribution in [0.25, 0.3) is 11.3 Å². The highest BCUT2D eigenvalue weighted by atomic mass is 16.1. The smallest absolute Gasteiger partial charge is 0.252 e. The number of hydrogen-bond acceptors (Lipinski definition) is 2. The fraction of sp³-hybridized carbons (Fsp3) is 0.333. The second-order valence-corrected chi connectivity index (χ2v) is 6.41. The summed E-state index contributed by atoms with van der Waals surface area (Å²) in [6, 6.07) is 12.0. The first-order chi connectivity index (χ1) is 11.7. The number of nitrogens with one attached hydrogen (secondary N) is 1. The molecule has 1 aliphatic carbocycles. The SMILES string of the molecule is Cc1ccc(-c2ccc(C(=O)NCCC3=CCCCC3)cn2)cc1. The third-order valence-electron chi connectivity index (χ3n) is 4.49. The largest absolute Gasteiger partial charge is 0.352 e. The van der Waals surface area contributed by atoms with Crippen molar-refractivity contribution in [2.75, 3.05) is 6.54 Å². The van der Waals surface area contributed by atoms with Crippen molar-refractivity contribution in [1.29, 1.82) is 0 Å². The van der Waals surface area contributed by atoms with E-state index in [0.717, 1.165) is 17.7 Å². The van der Waals surface area contributed by atoms with E-state index in [1.165, 1.54) is 36.8 Å². The minimum atomic E-state index is -0.0469. The number of hydrogen-bond donors (Lipinski definition) is 1. The van der Waals surface area contributed by atoms with Crippen LogP contribution in [0.5, 0.6) is 0 Å². The maximum absolute atomic E-state index is 12.2. The minimum Gasteiger partial charge on any atom is -0.352 e. The molecule has 1 N–H and O–H groups in total. The van der Waals surface area contributed by atoms with Crippen molar-refractivity contribution >= 4 is 5.91 Å². The molecule has 0 saturated heterocycles. The first kappa shape index (κ1) is 16.4. The minimum absolute atomic E-state index is 0.0469. The Labute approximate surface area is 143 Å². The molecule has 0 fully saturated rings. The van der Waals surface area contributed by atoms with Gasteiger partial charge in [0.15, 0.2) is 0 Å². The third-order valence-corrected chi connectivity index (χ3v) is 4.49. The summed E-state index contributed by atoms with van der Waals surface area (Å²) in [7, 11) is 0. The van der Waals surface area contributed by atoms with Crippen LogP contribution < -0.4 is 5.32 Å². The molecule has 3 heteroatoms. The molecule has 3 rings (SSSR count). The van der Waals surface area contributed by atoms with Gasteiger partial charge in [-0.05, 0) is 51.2 Å². The highest BCUT2D eigenvalue weighted by Gasteiger charge is 2.08. The predicted octanol–water partition coefficient (Wildman–Crippen LogP) is 4.68. The monoisotopic (exact) mass is 320 g/mol. The molecule has 1 aliphatic rings. The second-order valence-electron chi connectivity index (χ2n) is 6.41. The quantitative estimate of drug-likeness (QED) is 0.813. The van der Waals surface area contributed by atoms with Crippen molar-refractivity contribution in [3.05, 3.63) is 65.4 Å². The van der Waals surface area contributed by atoms with E-state index < -0.39 is 0 Å². The number of pyridine rings is 1. The molecular weight excluding hydrogens is 296 g/mol. The van der Waals surface area contributed by atoms with Gasteiger partial charge in [-0.2, -0.15) is 0 Å². The first-order valence-corrected chi connectivity index (χ1v) is 8.71. The van der Waals surface area contributed by atoms with E-state index in [0.29, 0.717) is 12.1 Å². The van der Waals surface area contributed by atoms with E-state index in [1.54, 1.807) is 6.20 Å². The average molecular weight is 320 g/mol. The molecule has 0 atom stereocenters. The molecule has 0 unspecified atom stereocenters. The summed E-state index contributed by atoms with van der Waals surface area (Å²) in [5, 5.41) is 2.99. The number of aryl methyl sites for hydroxylation is 1. The van der Waals surface area contributed by atoms with Gasteiger partial charge in [0.1, 0.15) is 0 Å². The molecule has 0 saturated carbocycles. The summed E-state index contributed by atoms with van der Waals surface area (Å²) >= 11 is 0. The van der Waals surface area contributed by atoms with E-state index >= 15 is 0 Å². The number of carbonyl (C=O) groups is 1. The van der Waals surface area contributed by atoms with Gasteiger partial charge < -0.3 is 5.32 Å². The Morgan fingerprint density at radius 2 is 1.96 bits per heavy atom. The van der Waals surface area contributed by atoms with Crippen molar-refractivity contribution in [3.8, 4) is 11.3 Å². The molecule has 1 amide bonds. The van der Waals surface area contributed by atoms with Crippen molar-refractivity contribution in [3.63, 3.8) is 0 Å². The third kappa shape index (κ3) is 4.31. The number of benzene rings is 1. The topological polar surface area (TPSA) is 42.0 Å². The molecule has 1 aromatic carbocycles. The summed E-state index contributed by atoms with van der Waals surface area (Å²) < 4.78 is 0. The van der Waals surface area contributed by atoms with E-state index in [1.807, 2.05) is 12.1 Å². The maximum Gasteiger partial charge on any atom is 0.252 e. The Hall–Kier alpha value is -2.42. The molecule has 24 heavy (non-hydrogen) atoms. The average Bonchev–Trinajstić information content (AvgIpc) is 2.63. The standard InChI is InChI=1S/C21H24N2O/c1-16-7-9-18(10-8-16)20-12-11-19(15-23-20)21(24)22-14-13-17-5-3-2-4-6-17/h5,7-12,15H,2-4,6,13-14H2,1H3,(H,22,24). The van der Waals surface area contributed by atoms with Crippen LogP contribution in [-0.2, 0) is 0 Å². The lowest BCUT2D eigenvalue weighted by atomic mass is 9.97. The summed E-state index contributed by atoms with van der Waals surface area (Å²) in [6.45, 7) is 2.76. The Balaban J connectivity index is 1.55. The molecule has 0 spiro atoms. The van der Waals surface area contributed by atoms with Gasteiger partial charge in [0, 0.05) is 18.3 Å². The summed E-state index contributed by atoms with van der Waals surface area (Å²) in [4.78, 5) is 16.6. The van der Waals surface area contributed by atoms with Crippen LogP contribution in [0.1, 0.15) is 48.0 Å². The Bertz CT molecular complexity index is 715. The zero-order chi connectivity index (χ0) is 16.8. The van der Waals surface area contributed by atoms with Gasteiger partial charge in [0.2, 0.25) is 0 Å². The molecule has 0 radical (unpaired) electrons. The fourth-order valence-corrected chi connectivity index (χ4v) is 2.99. The van der Waals surface area contributed by atoms with Crippen molar-refractivity contribution in [1.82, 2.24) is 10.3 Å². The van der Waals surface area contributed by atoms with Gasteiger partial charge in [-0.3, -0.25) is 9.78 Å². The Morgan fingerprint density at radius 3 is 2.62 bits per heavy atom. The molecule has 0 aliphatic heterocycles. The van der Waals surface area contributed by atoms with Crippen LogP contribution >= 0.6 is 0 Å². The molecule has 3 nitrogen and oxygen atoms in total. The predicted molar refractivity (Wildman–Crippen MR) is 97.9 cm³/mol. The van der Waals surface area contributed by atoms with Gasteiger partial charge in [-0.1, -0.05) is 41.5 Å². The van der Waals surface area contributed by atoms with Crippen molar-refractivity contribution in [2.45, 2.75) is 39.0 Å². The van der Waals surface area contributed by atoms with Gasteiger partial charge in [0.25, 0.3) is 5.91 Å². The van der Waals surface area contributed by atoms with Gasteiger partial charge >= 0.3 is 0 Å². The normalized spacial score (nSPS) is 14.1. The Kier molecular flexibility index (Phi) is 5.42. The molecule has 1 aromatic heterocycles. The number of rotatable bonds is 5. The molecule has 1 heterocycles. The van der Waals surface area contributed by atoms with E-state index in [4.69, 9.17) is 0 Å². The fourth-order valence-electron chi connectivity index (χ4n) is 2.99. The lowest BCUT2D eigenvalue weighted by molar-refractivity contribution is 0.0953. The molecule has 124 valence electrons. The zero-order valence-electron chi connectivity index (χ0n) is 14.2. The van der Waals surface area contributed by atoms with Crippen molar-refractivity contribution < 1.29 is 4.79 Å². The second kappa shape index (κ2) is 7.91. The van der Waals surface area contributed by atoms with E-state index in [9.17, 15) is 4.79 Å². The lowest BCUT2D eigenvalue weighted by Gasteiger charge is -2.13. The Morgan fingerprint density at radius 1 is 1.12 bits per heavy atom. The number of carbonyl (C=O) groups excluding carboxylic acids is 1. The number of allylic oxidation sites excluding steroid dienone is 1. The molecule has 2 aromatic rings. The highest BCUT2D eigenvalue weighted by Crippen LogP contribution is 2.20. The zero-order valence-corrected chi connectivity index (χ0v) is 14.2. The van der Waals surface area contributed by atoms with Gasteiger partial charge in [-0.25, -0.2) is 0 Å². The van der Waals surface area contributed by atoms with Gasteiger partial charge in [-0.15, -0.1) is 0 Å². The number of nitrogens with zero attached hydrogens (tertiary/aromatic N) is 1. The number of amides is 1. The summed E-state index contributed by atoms with van der Waals surface area (Å²) in [5.74, 6) is -0.0469. The van der Waals surface area contributed by atoms with Crippen LogP contribution in [0.3, 0.4) is 0 Å². The van der Waals surface area contributed by atoms with E-state index in [-0.39, 0.29) is 5.91 Å². The lowest BCUT2D eigenvalue weighted by Crippen LogP contribution is -2.25. The highest BCUT2D eigenvalue weighted by molar-refractivity contribution is 5.94. The van der Waals surface area contributed by atoms with Crippen LogP contribution in [0, 0.1) is 6.92 Å². The first-order valence-electron chi connectivity index (χ1n) is 8.71. The summed E-state index contributed by atoms with van der Waals surface area (Å²) in [6.07, 6.45) is 9.90. The van der Waals surface area contributed by atoms with Gasteiger partial charge in [0.05, 0.1) is 11.3 Å². The van der Waals surface area contributed by atoms with Crippen LogP contribution in [0.2, 0.25) is 0 Å². The van der Waals surface area contributed by atoms with E-state index in [2.05, 4.69) is 47.6 Å². The van der Waals surface area contributed by atoms with Crippen LogP contribution in [0.15, 0.2) is 54.2 Å². The summed E-state index contributed by atoms with van der Waals surface area (Å²) in [5.41, 5.74) is 5.27.